The van der Waals surface area contributed by atoms with E-state index in [0.29, 0.717) is 5.69 Å². The molecule has 2 fully saturated rings. The van der Waals surface area contributed by atoms with Crippen molar-refractivity contribution in [2.75, 3.05) is 18.8 Å². The summed E-state index contributed by atoms with van der Waals surface area (Å²) in [6, 6.07) is 2.94. The summed E-state index contributed by atoms with van der Waals surface area (Å²) in [5.74, 6) is 0.243. The molecule has 1 saturated carbocycles. The van der Waals surface area contributed by atoms with Gasteiger partial charge in [-0.05, 0) is 43.4 Å². The Kier molecular flexibility index (Phi) is 3.06. The maximum Gasteiger partial charge on any atom is 0.244 e. The van der Waals surface area contributed by atoms with E-state index in [-0.39, 0.29) is 28.9 Å². The van der Waals surface area contributed by atoms with Crippen LogP contribution in [0.5, 0.6) is 0 Å². The molecule has 3 rings (SSSR count). The summed E-state index contributed by atoms with van der Waals surface area (Å²) in [4.78, 5) is 0.0140. The monoisotopic (exact) mass is 316 g/mol. The highest BCUT2D eigenvalue weighted by molar-refractivity contribution is 7.89. The summed E-state index contributed by atoms with van der Waals surface area (Å²) in [6.07, 6.45) is 1.95. The summed E-state index contributed by atoms with van der Waals surface area (Å²) < 4.78 is 26.3. The molecule has 1 saturated heterocycles. The number of hydrogen-bond acceptors (Lipinski definition) is 4. The Morgan fingerprint density at radius 2 is 2.00 bits per heavy atom. The predicted molar refractivity (Wildman–Crippen MR) is 77.0 cm³/mol. The molecule has 0 atom stereocenters. The third-order valence-electron chi connectivity index (χ3n) is 4.18. The number of nitrogens with two attached hydrogens (primary N) is 1. The van der Waals surface area contributed by atoms with Gasteiger partial charge in [0.25, 0.3) is 0 Å². The van der Waals surface area contributed by atoms with Gasteiger partial charge in [-0.2, -0.15) is 4.31 Å². The highest BCUT2D eigenvalue weighted by atomic mass is 35.5. The van der Waals surface area contributed by atoms with Crippen molar-refractivity contribution in [3.05, 3.63) is 22.7 Å². The molecule has 110 valence electrons. The minimum atomic E-state index is -3.69. The number of rotatable bonds is 3. The van der Waals surface area contributed by atoms with Gasteiger partial charge in [0.2, 0.25) is 10.0 Å². The van der Waals surface area contributed by atoms with Crippen LogP contribution in [0.2, 0.25) is 5.02 Å². The predicted octanol–water partition coefficient (Wildman–Crippen LogP) is 1.38. The lowest BCUT2D eigenvalue weighted by molar-refractivity contribution is -0.0764. The van der Waals surface area contributed by atoms with Gasteiger partial charge in [-0.25, -0.2) is 8.42 Å². The van der Waals surface area contributed by atoms with Gasteiger partial charge < -0.3 is 10.8 Å². The van der Waals surface area contributed by atoms with Crippen LogP contribution in [0.4, 0.5) is 5.69 Å². The third kappa shape index (κ3) is 2.11. The van der Waals surface area contributed by atoms with Crippen molar-refractivity contribution >= 4 is 27.3 Å². The zero-order chi connectivity index (χ0) is 14.7. The van der Waals surface area contributed by atoms with Crippen molar-refractivity contribution in [2.24, 2.45) is 5.92 Å². The Bertz CT molecular complexity index is 664. The highest BCUT2D eigenvalue weighted by Gasteiger charge is 2.55. The maximum atomic E-state index is 12.5. The van der Waals surface area contributed by atoms with Gasteiger partial charge in [0.15, 0.2) is 0 Å². The Balaban J connectivity index is 1.88. The van der Waals surface area contributed by atoms with Gasteiger partial charge in [-0.3, -0.25) is 0 Å². The third-order valence-corrected chi connectivity index (χ3v) is 6.43. The average molecular weight is 317 g/mol. The summed E-state index contributed by atoms with van der Waals surface area (Å²) in [5.41, 5.74) is 6.05. The lowest BCUT2D eigenvalue weighted by Gasteiger charge is -2.45. The van der Waals surface area contributed by atoms with E-state index in [1.54, 1.807) is 13.0 Å². The van der Waals surface area contributed by atoms with Crippen LogP contribution in [0, 0.1) is 12.8 Å². The molecule has 5 nitrogen and oxygen atoms in total. The number of hydrogen-bond donors (Lipinski definition) is 2. The van der Waals surface area contributed by atoms with Crippen LogP contribution in [0.3, 0.4) is 0 Å². The molecule has 1 aliphatic carbocycles. The van der Waals surface area contributed by atoms with Crippen molar-refractivity contribution < 1.29 is 13.5 Å². The molecule has 1 aliphatic heterocycles. The smallest absolute Gasteiger partial charge is 0.244 e. The molecule has 1 aromatic rings. The second kappa shape index (κ2) is 4.34. The highest BCUT2D eigenvalue weighted by Crippen LogP contribution is 2.46. The zero-order valence-corrected chi connectivity index (χ0v) is 12.7. The fraction of sp³-hybridized carbons (Fsp3) is 0.538. The molecule has 0 bridgehead atoms. The van der Waals surface area contributed by atoms with Crippen molar-refractivity contribution in [1.29, 1.82) is 0 Å². The number of sulfonamides is 1. The van der Waals surface area contributed by atoms with Crippen LogP contribution < -0.4 is 5.73 Å². The van der Waals surface area contributed by atoms with Crippen LogP contribution in [-0.4, -0.2) is 36.5 Å². The number of β-amino-alcohol motifs (C(OH)–C–C–N with tert-alkyl or cyclic N) is 1. The summed E-state index contributed by atoms with van der Waals surface area (Å²) in [6.45, 7) is 2.06. The molecular formula is C13H17ClN2O3S. The topological polar surface area (TPSA) is 83.6 Å². The molecule has 0 unspecified atom stereocenters. The largest absolute Gasteiger partial charge is 0.398 e. The first-order valence-corrected chi connectivity index (χ1v) is 8.34. The molecule has 7 heteroatoms. The Hall–Kier alpha value is -0.820. The molecular weight excluding hydrogens is 300 g/mol. The summed E-state index contributed by atoms with van der Waals surface area (Å²) in [7, 11) is -3.69. The van der Waals surface area contributed by atoms with Crippen LogP contribution in [0.25, 0.3) is 0 Å². The number of aryl methyl sites for hydroxylation is 1. The Labute approximate surface area is 123 Å². The first-order valence-electron chi connectivity index (χ1n) is 6.52. The van der Waals surface area contributed by atoms with Crippen LogP contribution in [0.1, 0.15) is 18.4 Å². The van der Waals surface area contributed by atoms with Gasteiger partial charge in [0, 0.05) is 18.8 Å². The van der Waals surface area contributed by atoms with Crippen molar-refractivity contribution in [1.82, 2.24) is 4.31 Å². The van der Waals surface area contributed by atoms with E-state index >= 15 is 0 Å². The SMILES string of the molecule is Cc1cc(Cl)c(S(=O)(=O)N2CC(O)(C3CC3)C2)cc1N. The van der Waals surface area contributed by atoms with Crippen molar-refractivity contribution in [3.63, 3.8) is 0 Å². The van der Waals surface area contributed by atoms with Gasteiger partial charge in [0.1, 0.15) is 4.90 Å². The standard InChI is InChI=1S/C13H17ClN2O3S/c1-8-4-10(14)12(5-11(8)15)20(18,19)16-6-13(17,7-16)9-2-3-9/h4-5,9,17H,2-3,6-7,15H2,1H3. The molecule has 2 aliphatic rings. The fourth-order valence-corrected chi connectivity index (χ4v) is 4.78. The average Bonchev–Trinajstić information content (AvgIpc) is 3.13. The zero-order valence-electron chi connectivity index (χ0n) is 11.1. The fourth-order valence-electron chi connectivity index (χ4n) is 2.62. The van der Waals surface area contributed by atoms with E-state index in [2.05, 4.69) is 0 Å². The quantitative estimate of drug-likeness (QED) is 0.825. The molecule has 1 heterocycles. The summed E-state index contributed by atoms with van der Waals surface area (Å²) >= 11 is 6.03. The van der Waals surface area contributed by atoms with Gasteiger partial charge in [-0.15, -0.1) is 0 Å². The van der Waals surface area contributed by atoms with Crippen LogP contribution in [0.15, 0.2) is 17.0 Å². The number of halogens is 1. The van der Waals surface area contributed by atoms with Gasteiger partial charge >= 0.3 is 0 Å². The van der Waals surface area contributed by atoms with Gasteiger partial charge in [0.05, 0.1) is 10.6 Å². The summed E-state index contributed by atoms with van der Waals surface area (Å²) in [5, 5.41) is 10.4. The van der Waals surface area contributed by atoms with E-state index in [1.165, 1.54) is 10.4 Å². The van der Waals surface area contributed by atoms with E-state index in [9.17, 15) is 13.5 Å². The van der Waals surface area contributed by atoms with Crippen molar-refractivity contribution in [2.45, 2.75) is 30.3 Å². The molecule has 3 N–H and O–H groups in total. The van der Waals surface area contributed by atoms with E-state index in [0.717, 1.165) is 18.4 Å². The van der Waals surface area contributed by atoms with E-state index in [4.69, 9.17) is 17.3 Å². The minimum absolute atomic E-state index is 0.0140. The number of aliphatic hydroxyl groups is 1. The Morgan fingerprint density at radius 1 is 1.40 bits per heavy atom. The first kappa shape index (κ1) is 14.1. The second-order valence-corrected chi connectivity index (χ2v) is 8.10. The molecule has 20 heavy (non-hydrogen) atoms. The molecule has 0 spiro atoms. The minimum Gasteiger partial charge on any atom is -0.398 e. The second-order valence-electron chi connectivity index (χ2n) is 5.79. The number of anilines is 1. The molecule has 0 amide bonds. The molecule has 0 radical (unpaired) electrons. The van der Waals surface area contributed by atoms with Crippen LogP contribution >= 0.6 is 11.6 Å². The van der Waals surface area contributed by atoms with Crippen molar-refractivity contribution in [3.8, 4) is 0 Å². The normalized spacial score (nSPS) is 22.6. The lowest BCUT2D eigenvalue weighted by atomic mass is 9.91. The molecule has 1 aromatic carbocycles. The maximum absolute atomic E-state index is 12.5. The number of nitrogens with zero attached hydrogens (tertiary/aromatic N) is 1. The van der Waals surface area contributed by atoms with Crippen LogP contribution in [-0.2, 0) is 10.0 Å². The lowest BCUT2D eigenvalue weighted by Crippen LogP contribution is -2.64. The van der Waals surface area contributed by atoms with E-state index in [1.807, 2.05) is 0 Å². The Morgan fingerprint density at radius 3 is 2.55 bits per heavy atom. The number of benzene rings is 1. The molecule has 0 aromatic heterocycles. The number of nitrogen functional groups attached to an aromatic ring is 1. The van der Waals surface area contributed by atoms with E-state index < -0.39 is 15.6 Å². The van der Waals surface area contributed by atoms with Gasteiger partial charge in [-0.1, -0.05) is 11.6 Å². The first-order chi connectivity index (χ1) is 9.24.